The molecule has 2 nitrogen and oxygen atoms in total. The number of hydrogen-bond acceptors (Lipinski definition) is 2. The van der Waals surface area contributed by atoms with Gasteiger partial charge in [-0.1, -0.05) is 24.6 Å². The lowest BCUT2D eigenvalue weighted by Gasteiger charge is -2.17. The summed E-state index contributed by atoms with van der Waals surface area (Å²) in [7, 11) is 1.70. The maximum Gasteiger partial charge on any atom is 0.141 e. The van der Waals surface area contributed by atoms with Crippen LogP contribution in [0.2, 0.25) is 5.02 Å². The molecule has 0 bridgehead atoms. The maximum atomic E-state index is 13.0. The van der Waals surface area contributed by atoms with Gasteiger partial charge in [0.25, 0.3) is 0 Å². The van der Waals surface area contributed by atoms with Crippen molar-refractivity contribution in [2.75, 3.05) is 20.3 Å². The molecule has 1 aromatic carbocycles. The summed E-state index contributed by atoms with van der Waals surface area (Å²) >= 11 is 5.76. The van der Waals surface area contributed by atoms with E-state index in [1.54, 1.807) is 19.2 Å². The maximum absolute atomic E-state index is 13.0. The Hall–Kier alpha value is -0.640. The second kappa shape index (κ2) is 8.46. The molecule has 18 heavy (non-hydrogen) atoms. The molecule has 0 heterocycles. The molecular formula is C14H21ClFNO. The van der Waals surface area contributed by atoms with Crippen LogP contribution in [0.5, 0.6) is 0 Å². The van der Waals surface area contributed by atoms with Crippen molar-refractivity contribution in [1.82, 2.24) is 5.32 Å². The molecule has 1 unspecified atom stereocenters. The monoisotopic (exact) mass is 273 g/mol. The first-order chi connectivity index (χ1) is 8.67. The van der Waals surface area contributed by atoms with Gasteiger partial charge < -0.3 is 10.1 Å². The molecule has 0 fully saturated rings. The van der Waals surface area contributed by atoms with Gasteiger partial charge in [-0.05, 0) is 43.5 Å². The predicted molar refractivity (Wildman–Crippen MR) is 73.7 cm³/mol. The van der Waals surface area contributed by atoms with E-state index in [0.717, 1.165) is 31.4 Å². The first-order valence-corrected chi connectivity index (χ1v) is 6.71. The van der Waals surface area contributed by atoms with E-state index in [4.69, 9.17) is 16.3 Å². The Morgan fingerprint density at radius 1 is 1.44 bits per heavy atom. The topological polar surface area (TPSA) is 21.3 Å². The van der Waals surface area contributed by atoms with Crippen molar-refractivity contribution >= 4 is 11.6 Å². The number of halogens is 2. The van der Waals surface area contributed by atoms with Crippen molar-refractivity contribution in [3.8, 4) is 0 Å². The smallest absolute Gasteiger partial charge is 0.141 e. The van der Waals surface area contributed by atoms with Gasteiger partial charge in [0, 0.05) is 13.2 Å². The largest absolute Gasteiger partial charge is 0.383 e. The fourth-order valence-corrected chi connectivity index (χ4v) is 2.03. The lowest BCUT2D eigenvalue weighted by molar-refractivity contribution is 0.162. The van der Waals surface area contributed by atoms with Crippen LogP contribution in [0.15, 0.2) is 18.2 Å². The van der Waals surface area contributed by atoms with E-state index < -0.39 is 0 Å². The van der Waals surface area contributed by atoms with Gasteiger partial charge >= 0.3 is 0 Å². The van der Waals surface area contributed by atoms with Gasteiger partial charge in [-0.15, -0.1) is 0 Å². The number of aryl methyl sites for hydroxylation is 1. The van der Waals surface area contributed by atoms with E-state index in [-0.39, 0.29) is 10.8 Å². The number of benzene rings is 1. The van der Waals surface area contributed by atoms with E-state index in [1.807, 2.05) is 0 Å². The molecule has 0 spiro atoms. The van der Waals surface area contributed by atoms with Gasteiger partial charge in [0.1, 0.15) is 5.82 Å². The minimum atomic E-state index is -0.363. The summed E-state index contributed by atoms with van der Waals surface area (Å²) in [4.78, 5) is 0. The van der Waals surface area contributed by atoms with Crippen LogP contribution in [0.25, 0.3) is 0 Å². The van der Waals surface area contributed by atoms with Gasteiger partial charge in [0.15, 0.2) is 0 Å². The fourth-order valence-electron chi connectivity index (χ4n) is 1.83. The summed E-state index contributed by atoms with van der Waals surface area (Å²) in [5.41, 5.74) is 1.06. The quantitative estimate of drug-likeness (QED) is 0.784. The third kappa shape index (κ3) is 5.34. The molecule has 1 atom stereocenters. The second-order valence-corrected chi connectivity index (χ2v) is 4.80. The van der Waals surface area contributed by atoms with Crippen LogP contribution < -0.4 is 5.32 Å². The first-order valence-electron chi connectivity index (χ1n) is 6.33. The highest BCUT2D eigenvalue weighted by molar-refractivity contribution is 6.30. The number of methoxy groups -OCH3 is 1. The van der Waals surface area contributed by atoms with E-state index >= 15 is 0 Å². The zero-order chi connectivity index (χ0) is 13.4. The Bertz CT molecular complexity index is 360. The Kier molecular flexibility index (Phi) is 7.25. The molecule has 4 heteroatoms. The molecule has 0 radical (unpaired) electrons. The fraction of sp³-hybridized carbons (Fsp3) is 0.571. The Labute approximate surface area is 113 Å². The molecule has 1 N–H and O–H groups in total. The SMILES string of the molecule is CCCNC(CCc1ccc(F)c(Cl)c1)COC. The standard InChI is InChI=1S/C14H21ClFNO/c1-3-8-17-12(10-18-2)6-4-11-5-7-14(16)13(15)9-11/h5,7,9,12,17H,3-4,6,8,10H2,1-2H3. The second-order valence-electron chi connectivity index (χ2n) is 4.39. The van der Waals surface area contributed by atoms with Gasteiger partial charge in [-0.3, -0.25) is 0 Å². The summed E-state index contributed by atoms with van der Waals surface area (Å²) in [6.07, 6.45) is 2.92. The lowest BCUT2D eigenvalue weighted by atomic mass is 10.1. The number of nitrogens with one attached hydrogen (secondary N) is 1. The minimum absolute atomic E-state index is 0.192. The summed E-state index contributed by atoms with van der Waals surface area (Å²) < 4.78 is 18.2. The molecule has 0 amide bonds. The number of rotatable bonds is 8. The third-order valence-electron chi connectivity index (χ3n) is 2.82. The average molecular weight is 274 g/mol. The van der Waals surface area contributed by atoms with Crippen molar-refractivity contribution in [3.63, 3.8) is 0 Å². The molecule has 0 aliphatic rings. The van der Waals surface area contributed by atoms with Crippen LogP contribution in [0.3, 0.4) is 0 Å². The molecule has 102 valence electrons. The molecule has 1 aromatic rings. The normalized spacial score (nSPS) is 12.7. The average Bonchev–Trinajstić information content (AvgIpc) is 2.37. The van der Waals surface area contributed by atoms with Crippen LogP contribution in [0.4, 0.5) is 4.39 Å². The van der Waals surface area contributed by atoms with E-state index in [1.165, 1.54) is 6.07 Å². The highest BCUT2D eigenvalue weighted by Gasteiger charge is 2.08. The van der Waals surface area contributed by atoms with Crippen molar-refractivity contribution in [1.29, 1.82) is 0 Å². The molecule has 0 aromatic heterocycles. The van der Waals surface area contributed by atoms with Crippen molar-refractivity contribution < 1.29 is 9.13 Å². The molecule has 0 saturated heterocycles. The molecule has 0 saturated carbocycles. The predicted octanol–water partition coefficient (Wildman–Crippen LogP) is 3.43. The van der Waals surface area contributed by atoms with Gasteiger partial charge in [-0.25, -0.2) is 4.39 Å². The van der Waals surface area contributed by atoms with Crippen LogP contribution >= 0.6 is 11.6 Å². The molecule has 0 aliphatic heterocycles. The van der Waals surface area contributed by atoms with E-state index in [9.17, 15) is 4.39 Å². The zero-order valence-electron chi connectivity index (χ0n) is 11.0. The van der Waals surface area contributed by atoms with Crippen molar-refractivity contribution in [3.05, 3.63) is 34.6 Å². The highest BCUT2D eigenvalue weighted by Crippen LogP contribution is 2.17. The van der Waals surface area contributed by atoms with Crippen LogP contribution in [-0.2, 0) is 11.2 Å². The highest BCUT2D eigenvalue weighted by atomic mass is 35.5. The van der Waals surface area contributed by atoms with Crippen molar-refractivity contribution in [2.24, 2.45) is 0 Å². The third-order valence-corrected chi connectivity index (χ3v) is 3.11. The minimum Gasteiger partial charge on any atom is -0.383 e. The van der Waals surface area contributed by atoms with Crippen LogP contribution in [0, 0.1) is 5.82 Å². The lowest BCUT2D eigenvalue weighted by Crippen LogP contribution is -2.34. The Morgan fingerprint density at radius 2 is 2.22 bits per heavy atom. The Balaban J connectivity index is 2.47. The van der Waals surface area contributed by atoms with Crippen molar-refractivity contribution in [2.45, 2.75) is 32.2 Å². The summed E-state index contributed by atoms with van der Waals surface area (Å²) in [6, 6.07) is 5.23. The van der Waals surface area contributed by atoms with Gasteiger partial charge in [0.05, 0.1) is 11.6 Å². The number of hydrogen-bond donors (Lipinski definition) is 1. The molecular weight excluding hydrogens is 253 g/mol. The van der Waals surface area contributed by atoms with Gasteiger partial charge in [-0.2, -0.15) is 0 Å². The summed E-state index contributed by atoms with van der Waals surface area (Å²) in [6.45, 7) is 3.81. The Morgan fingerprint density at radius 3 is 2.83 bits per heavy atom. The summed E-state index contributed by atoms with van der Waals surface area (Å²) in [5, 5.41) is 3.63. The number of ether oxygens (including phenoxy) is 1. The summed E-state index contributed by atoms with van der Waals surface area (Å²) in [5.74, 6) is -0.363. The van der Waals surface area contributed by atoms with Crippen LogP contribution in [0.1, 0.15) is 25.3 Å². The molecule has 1 rings (SSSR count). The van der Waals surface area contributed by atoms with E-state index in [0.29, 0.717) is 12.6 Å². The first kappa shape index (κ1) is 15.4. The van der Waals surface area contributed by atoms with Crippen LogP contribution in [-0.4, -0.2) is 26.3 Å². The zero-order valence-corrected chi connectivity index (χ0v) is 11.8. The molecule has 0 aliphatic carbocycles. The van der Waals surface area contributed by atoms with Gasteiger partial charge in [0.2, 0.25) is 0 Å². The van der Waals surface area contributed by atoms with E-state index in [2.05, 4.69) is 12.2 Å².